The van der Waals surface area contributed by atoms with E-state index >= 15 is 0 Å². The molecule has 0 N–H and O–H groups in total. The van der Waals surface area contributed by atoms with E-state index < -0.39 is 8.07 Å². The first-order valence-corrected chi connectivity index (χ1v) is 8.62. The number of ether oxygens (including phenoxy) is 1. The first-order valence-electron chi connectivity index (χ1n) is 4.92. The van der Waals surface area contributed by atoms with Gasteiger partial charge in [-0.25, -0.2) is 4.68 Å². The van der Waals surface area contributed by atoms with Crippen molar-refractivity contribution in [3.05, 3.63) is 11.9 Å². The summed E-state index contributed by atoms with van der Waals surface area (Å²) in [4.78, 5) is 0. The van der Waals surface area contributed by atoms with Gasteiger partial charge >= 0.3 is 0 Å². The van der Waals surface area contributed by atoms with E-state index in [1.807, 2.05) is 6.92 Å². The molecule has 0 spiro atoms. The van der Waals surface area contributed by atoms with E-state index in [4.69, 9.17) is 4.74 Å². The summed E-state index contributed by atoms with van der Waals surface area (Å²) in [5.41, 5.74) is 1.04. The lowest BCUT2D eigenvalue weighted by molar-refractivity contribution is 0.0758. The third-order valence-electron chi connectivity index (χ3n) is 2.02. The van der Waals surface area contributed by atoms with Gasteiger partial charge in [-0.05, 0) is 13.0 Å². The quantitative estimate of drug-likeness (QED) is 0.554. The molecule has 0 saturated heterocycles. The lowest BCUT2D eigenvalue weighted by atomic mass is 10.5. The molecule has 1 rings (SSSR count). The topological polar surface area (TPSA) is 39.9 Å². The van der Waals surface area contributed by atoms with Gasteiger partial charge in [-0.2, -0.15) is 0 Å². The van der Waals surface area contributed by atoms with Gasteiger partial charge in [0.2, 0.25) is 0 Å². The Kier molecular flexibility index (Phi) is 3.83. The van der Waals surface area contributed by atoms with Gasteiger partial charge in [0.25, 0.3) is 0 Å². The molecule has 0 bridgehead atoms. The Bertz CT molecular complexity index is 280. The zero-order chi connectivity index (χ0) is 10.6. The summed E-state index contributed by atoms with van der Waals surface area (Å²) < 4.78 is 7.30. The second-order valence-electron chi connectivity index (χ2n) is 4.72. The smallest absolute Gasteiger partial charge is 0.141 e. The SMILES string of the molecule is Cc1cnnn1COCC[Si](C)(C)C. The molecule has 0 aliphatic rings. The van der Waals surface area contributed by atoms with Crippen LogP contribution in [0.3, 0.4) is 0 Å². The molecule has 0 fully saturated rings. The van der Waals surface area contributed by atoms with Crippen LogP contribution in [-0.2, 0) is 11.5 Å². The Labute approximate surface area is 86.3 Å². The second kappa shape index (κ2) is 4.70. The Morgan fingerprint density at radius 1 is 1.43 bits per heavy atom. The van der Waals surface area contributed by atoms with E-state index in [2.05, 4.69) is 30.0 Å². The van der Waals surface area contributed by atoms with Crippen LogP contribution < -0.4 is 0 Å². The zero-order valence-electron chi connectivity index (χ0n) is 9.45. The van der Waals surface area contributed by atoms with Gasteiger partial charge in [-0.3, -0.25) is 0 Å². The highest BCUT2D eigenvalue weighted by Crippen LogP contribution is 2.07. The van der Waals surface area contributed by atoms with Crippen LogP contribution in [0.25, 0.3) is 0 Å². The Morgan fingerprint density at radius 3 is 2.64 bits per heavy atom. The first-order chi connectivity index (χ1) is 6.49. The number of hydrogen-bond donors (Lipinski definition) is 0. The van der Waals surface area contributed by atoms with Crippen LogP contribution >= 0.6 is 0 Å². The minimum Gasteiger partial charge on any atom is -0.359 e. The molecule has 0 amide bonds. The highest BCUT2D eigenvalue weighted by Gasteiger charge is 2.12. The van der Waals surface area contributed by atoms with Gasteiger partial charge in [-0.15, -0.1) is 5.10 Å². The van der Waals surface area contributed by atoms with Gasteiger partial charge in [0.1, 0.15) is 6.73 Å². The van der Waals surface area contributed by atoms with Gasteiger partial charge in [-0.1, -0.05) is 24.9 Å². The maximum atomic E-state index is 5.53. The third kappa shape index (κ3) is 4.02. The predicted octanol–water partition coefficient (Wildman–Crippen LogP) is 1.90. The molecule has 0 aliphatic heterocycles. The van der Waals surface area contributed by atoms with E-state index in [9.17, 15) is 0 Å². The van der Waals surface area contributed by atoms with Crippen molar-refractivity contribution in [1.82, 2.24) is 15.0 Å². The minimum atomic E-state index is -0.963. The Hall–Kier alpha value is -0.683. The van der Waals surface area contributed by atoms with Crippen LogP contribution in [0.5, 0.6) is 0 Å². The Balaban J connectivity index is 2.20. The van der Waals surface area contributed by atoms with E-state index in [1.54, 1.807) is 10.9 Å². The predicted molar refractivity (Wildman–Crippen MR) is 58.9 cm³/mol. The van der Waals surface area contributed by atoms with Crippen molar-refractivity contribution < 1.29 is 4.74 Å². The van der Waals surface area contributed by atoms with Crippen molar-refractivity contribution in [2.45, 2.75) is 39.3 Å². The largest absolute Gasteiger partial charge is 0.359 e. The van der Waals surface area contributed by atoms with Crippen molar-refractivity contribution in [2.75, 3.05) is 6.61 Å². The molecule has 0 saturated carbocycles. The monoisotopic (exact) mass is 213 g/mol. The van der Waals surface area contributed by atoms with Crippen LogP contribution in [0.15, 0.2) is 6.20 Å². The molecular weight excluding hydrogens is 194 g/mol. The van der Waals surface area contributed by atoms with E-state index in [-0.39, 0.29) is 0 Å². The lowest BCUT2D eigenvalue weighted by Crippen LogP contribution is -2.22. The fourth-order valence-electron chi connectivity index (χ4n) is 0.966. The van der Waals surface area contributed by atoms with Gasteiger partial charge in [0.15, 0.2) is 0 Å². The number of nitrogens with zero attached hydrogens (tertiary/aromatic N) is 3. The summed E-state index contributed by atoms with van der Waals surface area (Å²) in [5, 5.41) is 7.69. The molecule has 0 aromatic carbocycles. The minimum absolute atomic E-state index is 0.524. The molecule has 14 heavy (non-hydrogen) atoms. The highest BCUT2D eigenvalue weighted by molar-refractivity contribution is 6.76. The van der Waals surface area contributed by atoms with Crippen molar-refractivity contribution >= 4 is 8.07 Å². The van der Waals surface area contributed by atoms with E-state index in [0.29, 0.717) is 6.73 Å². The van der Waals surface area contributed by atoms with Crippen LogP contribution in [-0.4, -0.2) is 29.7 Å². The van der Waals surface area contributed by atoms with Crippen LogP contribution in [0.2, 0.25) is 25.7 Å². The number of rotatable bonds is 5. The van der Waals surface area contributed by atoms with Crippen molar-refractivity contribution in [1.29, 1.82) is 0 Å². The molecule has 4 nitrogen and oxygen atoms in total. The summed E-state index contributed by atoms with van der Waals surface area (Å²) in [6.45, 7) is 10.4. The fourth-order valence-corrected chi connectivity index (χ4v) is 1.72. The molecule has 5 heteroatoms. The third-order valence-corrected chi connectivity index (χ3v) is 3.73. The molecule has 0 radical (unpaired) electrons. The van der Waals surface area contributed by atoms with Crippen LogP contribution in [0, 0.1) is 6.92 Å². The van der Waals surface area contributed by atoms with E-state index in [0.717, 1.165) is 12.3 Å². The highest BCUT2D eigenvalue weighted by atomic mass is 28.3. The number of aromatic nitrogens is 3. The van der Waals surface area contributed by atoms with E-state index in [1.165, 1.54) is 6.04 Å². The lowest BCUT2D eigenvalue weighted by Gasteiger charge is -2.15. The second-order valence-corrected chi connectivity index (χ2v) is 10.3. The molecule has 0 atom stereocenters. The Morgan fingerprint density at radius 2 is 2.14 bits per heavy atom. The van der Waals surface area contributed by atoms with Gasteiger partial charge < -0.3 is 4.74 Å². The summed E-state index contributed by atoms with van der Waals surface area (Å²) in [6, 6.07) is 1.20. The van der Waals surface area contributed by atoms with Crippen molar-refractivity contribution in [3.63, 3.8) is 0 Å². The van der Waals surface area contributed by atoms with Crippen LogP contribution in [0.1, 0.15) is 5.69 Å². The average Bonchev–Trinajstić information content (AvgIpc) is 2.44. The standard InChI is InChI=1S/C9H19N3OSi/c1-9-7-10-11-12(9)8-13-5-6-14(2,3)4/h7H,5-6,8H2,1-4H3. The summed E-state index contributed by atoms with van der Waals surface area (Å²) >= 11 is 0. The molecular formula is C9H19N3OSi. The van der Waals surface area contributed by atoms with Crippen molar-refractivity contribution in [2.24, 2.45) is 0 Å². The maximum absolute atomic E-state index is 5.53. The summed E-state index contributed by atoms with van der Waals surface area (Å²) in [6.07, 6.45) is 1.74. The zero-order valence-corrected chi connectivity index (χ0v) is 10.4. The van der Waals surface area contributed by atoms with Crippen molar-refractivity contribution in [3.8, 4) is 0 Å². The van der Waals surface area contributed by atoms with Gasteiger partial charge in [0, 0.05) is 14.7 Å². The molecule has 80 valence electrons. The molecule has 0 aliphatic carbocycles. The molecule has 1 heterocycles. The maximum Gasteiger partial charge on any atom is 0.141 e. The summed E-state index contributed by atoms with van der Waals surface area (Å²) in [5.74, 6) is 0. The average molecular weight is 213 g/mol. The normalized spacial score (nSPS) is 12.0. The fraction of sp³-hybridized carbons (Fsp3) is 0.778. The number of hydrogen-bond acceptors (Lipinski definition) is 3. The molecule has 0 unspecified atom stereocenters. The van der Waals surface area contributed by atoms with Crippen LogP contribution in [0.4, 0.5) is 0 Å². The van der Waals surface area contributed by atoms with Gasteiger partial charge in [0.05, 0.1) is 11.9 Å². The number of aryl methyl sites for hydroxylation is 1. The molecule has 1 aromatic heterocycles. The molecule has 1 aromatic rings. The first kappa shape index (κ1) is 11.4. The summed E-state index contributed by atoms with van der Waals surface area (Å²) in [7, 11) is -0.963.